The summed E-state index contributed by atoms with van der Waals surface area (Å²) in [6, 6.07) is 28.8. The molecule has 40 heavy (non-hydrogen) atoms. The van der Waals surface area contributed by atoms with E-state index >= 15 is 0 Å². The van der Waals surface area contributed by atoms with Crippen LogP contribution in [0.1, 0.15) is 15.9 Å². The first-order valence-corrected chi connectivity index (χ1v) is 12.5. The summed E-state index contributed by atoms with van der Waals surface area (Å²) in [5, 5.41) is 25.2. The summed E-state index contributed by atoms with van der Waals surface area (Å²) in [4.78, 5) is 24.7. The van der Waals surface area contributed by atoms with Gasteiger partial charge in [0, 0.05) is 27.5 Å². The van der Waals surface area contributed by atoms with E-state index < -0.39 is 12.0 Å². The minimum absolute atomic E-state index is 0.0149. The van der Waals surface area contributed by atoms with Crippen molar-refractivity contribution in [3.8, 4) is 22.6 Å². The minimum atomic E-state index is -1.09. The van der Waals surface area contributed by atoms with Crippen LogP contribution >= 0.6 is 11.6 Å². The van der Waals surface area contributed by atoms with Gasteiger partial charge in [-0.1, -0.05) is 54.1 Å². The van der Waals surface area contributed by atoms with Crippen LogP contribution in [0.3, 0.4) is 0 Å². The summed E-state index contributed by atoms with van der Waals surface area (Å²) >= 11 is 6.01. The molecule has 0 saturated heterocycles. The number of carboxylic acid groups (broad SMARTS) is 1. The molecule has 0 unspecified atom stereocenters. The van der Waals surface area contributed by atoms with Crippen molar-refractivity contribution < 1.29 is 19.4 Å². The van der Waals surface area contributed by atoms with Gasteiger partial charge in [-0.25, -0.2) is 9.59 Å². The Morgan fingerprint density at radius 1 is 0.775 bits per heavy atom. The molecule has 0 aliphatic carbocycles. The van der Waals surface area contributed by atoms with E-state index in [-0.39, 0.29) is 11.4 Å². The summed E-state index contributed by atoms with van der Waals surface area (Å²) in [6.45, 7) is 0. The number of rotatable bonds is 7. The molecule has 2 amide bonds. The van der Waals surface area contributed by atoms with Crippen molar-refractivity contribution in [3.05, 3.63) is 119 Å². The molecule has 9 heteroatoms. The highest BCUT2D eigenvalue weighted by atomic mass is 35.5. The Balaban J connectivity index is 1.50. The second-order valence-corrected chi connectivity index (χ2v) is 9.33. The number of nitrogens with one attached hydrogen (secondary N) is 3. The number of carbonyl (C=O) groups excluding carboxylic acids is 1. The fourth-order valence-corrected chi connectivity index (χ4v) is 4.44. The average molecular weight is 551 g/mol. The number of carboxylic acids is 1. The van der Waals surface area contributed by atoms with Gasteiger partial charge in [-0.3, -0.25) is 5.41 Å². The van der Waals surface area contributed by atoms with E-state index in [1.54, 1.807) is 72.8 Å². The molecule has 0 aromatic heterocycles. The molecule has 0 saturated carbocycles. The van der Waals surface area contributed by atoms with Gasteiger partial charge in [0.15, 0.2) is 0 Å². The van der Waals surface area contributed by atoms with Crippen molar-refractivity contribution in [2.24, 2.45) is 5.73 Å². The number of anilines is 2. The Labute approximate surface area is 234 Å². The zero-order chi connectivity index (χ0) is 28.2. The summed E-state index contributed by atoms with van der Waals surface area (Å²) in [5.41, 5.74) is 8.17. The second-order valence-electron chi connectivity index (χ2n) is 8.89. The van der Waals surface area contributed by atoms with Crippen LogP contribution in [-0.4, -0.2) is 22.9 Å². The van der Waals surface area contributed by atoms with Crippen molar-refractivity contribution in [1.82, 2.24) is 0 Å². The Morgan fingerprint density at radius 3 is 2.25 bits per heavy atom. The van der Waals surface area contributed by atoms with Crippen LogP contribution in [0.15, 0.2) is 103 Å². The van der Waals surface area contributed by atoms with Crippen molar-refractivity contribution in [1.29, 1.82) is 5.41 Å². The highest BCUT2D eigenvalue weighted by Gasteiger charge is 2.17. The molecule has 6 N–H and O–H groups in total. The van der Waals surface area contributed by atoms with Crippen LogP contribution in [0.2, 0.25) is 5.02 Å². The first-order valence-electron chi connectivity index (χ1n) is 12.1. The zero-order valence-corrected chi connectivity index (χ0v) is 21.7. The molecule has 0 atom stereocenters. The van der Waals surface area contributed by atoms with E-state index in [1.165, 1.54) is 6.07 Å². The molecule has 0 fully saturated rings. The standard InChI is InChI=1S/C31H23ClN4O4/c32-21-4-3-5-22(16-21)35-31(39)36-23-11-13-28(27(17-23)25-6-1-2-7-26(25)30(37)38)40-24-12-10-18-14-20(29(33)34)9-8-19(18)15-24/h1-17H,(H3,33,34)(H,37,38)(H2,35,36,39). The number of hydrogen-bond donors (Lipinski definition) is 5. The fourth-order valence-electron chi connectivity index (χ4n) is 4.25. The number of aromatic carboxylic acids is 1. The topological polar surface area (TPSA) is 138 Å². The number of nitrogens with two attached hydrogens (primary N) is 1. The predicted molar refractivity (Wildman–Crippen MR) is 158 cm³/mol. The SMILES string of the molecule is N=C(N)c1ccc2cc(Oc3ccc(NC(=O)Nc4cccc(Cl)c4)cc3-c3ccccc3C(=O)O)ccc2c1. The smallest absolute Gasteiger partial charge is 0.336 e. The first-order chi connectivity index (χ1) is 19.3. The molecular weight excluding hydrogens is 528 g/mol. The lowest BCUT2D eigenvalue weighted by Gasteiger charge is -2.16. The maximum Gasteiger partial charge on any atom is 0.336 e. The van der Waals surface area contributed by atoms with Crippen LogP contribution in [0.4, 0.5) is 16.2 Å². The molecule has 5 rings (SSSR count). The van der Waals surface area contributed by atoms with Crippen LogP contribution in [0.5, 0.6) is 11.5 Å². The quantitative estimate of drug-likeness (QED) is 0.105. The molecule has 0 aliphatic heterocycles. The number of benzene rings is 5. The van der Waals surface area contributed by atoms with Crippen molar-refractivity contribution >= 4 is 51.6 Å². The number of urea groups is 1. The normalized spacial score (nSPS) is 10.6. The maximum atomic E-state index is 12.7. The largest absolute Gasteiger partial charge is 0.478 e. The lowest BCUT2D eigenvalue weighted by molar-refractivity contribution is 0.0697. The molecule has 0 heterocycles. The zero-order valence-electron chi connectivity index (χ0n) is 20.9. The number of halogens is 1. The van der Waals surface area contributed by atoms with Gasteiger partial charge in [-0.05, 0) is 77.0 Å². The Hall–Kier alpha value is -5.34. The van der Waals surface area contributed by atoms with Crippen LogP contribution in [0.25, 0.3) is 21.9 Å². The molecule has 198 valence electrons. The van der Waals surface area contributed by atoms with Crippen LogP contribution < -0.4 is 21.1 Å². The third-order valence-corrected chi connectivity index (χ3v) is 6.35. The summed E-state index contributed by atoms with van der Waals surface area (Å²) in [6.07, 6.45) is 0. The number of carbonyl (C=O) groups is 2. The fraction of sp³-hybridized carbons (Fsp3) is 0. The van der Waals surface area contributed by atoms with E-state index in [1.807, 2.05) is 24.3 Å². The van der Waals surface area contributed by atoms with Crippen molar-refractivity contribution in [2.45, 2.75) is 0 Å². The Kier molecular flexibility index (Phi) is 7.35. The monoisotopic (exact) mass is 550 g/mol. The first kappa shape index (κ1) is 26.3. The van der Waals surface area contributed by atoms with Gasteiger partial charge >= 0.3 is 12.0 Å². The van der Waals surface area contributed by atoms with Crippen molar-refractivity contribution in [3.63, 3.8) is 0 Å². The average Bonchev–Trinajstić information content (AvgIpc) is 2.93. The Morgan fingerprint density at radius 2 is 1.50 bits per heavy atom. The van der Waals surface area contributed by atoms with Gasteiger partial charge in [-0.15, -0.1) is 0 Å². The molecule has 0 aliphatic rings. The van der Waals surface area contributed by atoms with E-state index in [2.05, 4.69) is 10.6 Å². The second kappa shape index (κ2) is 11.2. The van der Waals surface area contributed by atoms with E-state index in [0.29, 0.717) is 44.6 Å². The number of nitrogen functional groups attached to an aromatic ring is 1. The molecule has 0 radical (unpaired) electrons. The minimum Gasteiger partial charge on any atom is -0.478 e. The summed E-state index contributed by atoms with van der Waals surface area (Å²) in [5.74, 6) is -0.185. The number of ether oxygens (including phenoxy) is 1. The van der Waals surface area contributed by atoms with Gasteiger partial charge in [-0.2, -0.15) is 0 Å². The summed E-state index contributed by atoms with van der Waals surface area (Å²) < 4.78 is 6.25. The van der Waals surface area contributed by atoms with E-state index in [4.69, 9.17) is 27.5 Å². The van der Waals surface area contributed by atoms with Gasteiger partial charge in [0.1, 0.15) is 17.3 Å². The van der Waals surface area contributed by atoms with Gasteiger partial charge in [0.2, 0.25) is 0 Å². The summed E-state index contributed by atoms with van der Waals surface area (Å²) in [7, 11) is 0. The van der Waals surface area contributed by atoms with Crippen LogP contribution in [0, 0.1) is 5.41 Å². The molecule has 5 aromatic carbocycles. The third-order valence-electron chi connectivity index (χ3n) is 6.12. The number of fused-ring (bicyclic) bond motifs is 1. The highest BCUT2D eigenvalue weighted by molar-refractivity contribution is 6.30. The lowest BCUT2D eigenvalue weighted by Crippen LogP contribution is -2.19. The van der Waals surface area contributed by atoms with Crippen LogP contribution in [-0.2, 0) is 0 Å². The van der Waals surface area contributed by atoms with E-state index in [9.17, 15) is 14.7 Å². The van der Waals surface area contributed by atoms with Gasteiger partial charge < -0.3 is 26.2 Å². The third kappa shape index (κ3) is 5.87. The lowest BCUT2D eigenvalue weighted by atomic mass is 9.98. The number of hydrogen-bond acceptors (Lipinski definition) is 4. The predicted octanol–water partition coefficient (Wildman–Crippen LogP) is 7.58. The molecule has 0 bridgehead atoms. The van der Waals surface area contributed by atoms with E-state index in [0.717, 1.165) is 10.8 Å². The molecule has 5 aromatic rings. The maximum absolute atomic E-state index is 12.7. The molecule has 0 spiro atoms. The Bertz CT molecular complexity index is 1790. The molecular formula is C31H23ClN4O4. The molecule has 8 nitrogen and oxygen atoms in total. The van der Waals surface area contributed by atoms with Gasteiger partial charge in [0.25, 0.3) is 0 Å². The van der Waals surface area contributed by atoms with Gasteiger partial charge in [0.05, 0.1) is 5.56 Å². The number of amides is 2. The number of amidine groups is 1. The highest BCUT2D eigenvalue weighted by Crippen LogP contribution is 2.38. The van der Waals surface area contributed by atoms with Crippen molar-refractivity contribution in [2.75, 3.05) is 10.6 Å².